The lowest BCUT2D eigenvalue weighted by molar-refractivity contribution is -0.122. The lowest BCUT2D eigenvalue weighted by Gasteiger charge is -2.20. The summed E-state index contributed by atoms with van der Waals surface area (Å²) in [4.78, 5) is 13.5. The molecule has 1 amide bonds. The summed E-state index contributed by atoms with van der Waals surface area (Å²) in [5.41, 5.74) is 0.784. The molecular formula is C14H22N2O3. The van der Waals surface area contributed by atoms with Gasteiger partial charge >= 0.3 is 0 Å². The van der Waals surface area contributed by atoms with E-state index in [1.54, 1.807) is 19.2 Å². The average molecular weight is 266 g/mol. The number of ether oxygens (including phenoxy) is 1. The summed E-state index contributed by atoms with van der Waals surface area (Å²) in [6.45, 7) is 6.11. The van der Waals surface area contributed by atoms with Gasteiger partial charge in [-0.3, -0.25) is 9.69 Å². The molecule has 0 atom stereocenters. The van der Waals surface area contributed by atoms with Gasteiger partial charge in [0, 0.05) is 24.7 Å². The monoisotopic (exact) mass is 266 g/mol. The van der Waals surface area contributed by atoms with Gasteiger partial charge in [-0.15, -0.1) is 0 Å². The molecule has 106 valence electrons. The number of likely N-dealkylation sites (N-methyl/N-ethyl adjacent to an activating group) is 2. The van der Waals surface area contributed by atoms with E-state index >= 15 is 0 Å². The molecule has 0 saturated carbocycles. The van der Waals surface area contributed by atoms with E-state index in [9.17, 15) is 9.90 Å². The number of aromatic hydroxyl groups is 1. The van der Waals surface area contributed by atoms with E-state index in [0.717, 1.165) is 12.1 Å². The zero-order valence-electron chi connectivity index (χ0n) is 11.8. The Morgan fingerprint density at radius 2 is 2.16 bits per heavy atom. The summed E-state index contributed by atoms with van der Waals surface area (Å²) >= 11 is 0. The number of nitrogens with zero attached hydrogens (tertiary/aromatic N) is 1. The standard InChI is InChI=1S/C14H22N2O3/c1-4-15-14(18)10-16(5-2)9-11-6-7-12(19-3)8-13(11)17/h6-8,17H,4-5,9-10H2,1-3H3,(H,15,18). The Balaban J connectivity index is 2.67. The van der Waals surface area contributed by atoms with Crippen LogP contribution in [0.25, 0.3) is 0 Å². The lowest BCUT2D eigenvalue weighted by atomic mass is 10.1. The number of hydrogen-bond donors (Lipinski definition) is 2. The van der Waals surface area contributed by atoms with Crippen LogP contribution in [0.1, 0.15) is 19.4 Å². The first-order chi connectivity index (χ1) is 9.10. The Morgan fingerprint density at radius 3 is 2.68 bits per heavy atom. The number of carbonyl (C=O) groups excluding carboxylic acids is 1. The Kier molecular flexibility index (Phi) is 6.15. The number of amides is 1. The number of phenols is 1. The Bertz CT molecular complexity index is 421. The molecule has 0 aliphatic carbocycles. The summed E-state index contributed by atoms with van der Waals surface area (Å²) < 4.78 is 5.04. The molecule has 0 bridgehead atoms. The fraction of sp³-hybridized carbons (Fsp3) is 0.500. The van der Waals surface area contributed by atoms with Crippen molar-refractivity contribution >= 4 is 5.91 Å². The summed E-state index contributed by atoms with van der Waals surface area (Å²) in [6, 6.07) is 5.19. The maximum absolute atomic E-state index is 11.6. The first kappa shape index (κ1) is 15.3. The van der Waals surface area contributed by atoms with Crippen molar-refractivity contribution in [1.29, 1.82) is 0 Å². The van der Waals surface area contributed by atoms with Crippen LogP contribution in [-0.4, -0.2) is 42.7 Å². The summed E-state index contributed by atoms with van der Waals surface area (Å²) in [6.07, 6.45) is 0. The number of rotatable bonds is 7. The van der Waals surface area contributed by atoms with Crippen molar-refractivity contribution in [2.24, 2.45) is 0 Å². The first-order valence-electron chi connectivity index (χ1n) is 6.45. The van der Waals surface area contributed by atoms with Crippen molar-refractivity contribution in [3.8, 4) is 11.5 Å². The third-order valence-electron chi connectivity index (χ3n) is 2.87. The molecular weight excluding hydrogens is 244 g/mol. The van der Waals surface area contributed by atoms with E-state index < -0.39 is 0 Å². The Morgan fingerprint density at radius 1 is 1.42 bits per heavy atom. The predicted octanol–water partition coefficient (Wildman–Crippen LogP) is 1.36. The second-order valence-corrected chi connectivity index (χ2v) is 4.25. The minimum absolute atomic E-state index is 0.00245. The molecule has 0 fully saturated rings. The number of methoxy groups -OCH3 is 1. The quantitative estimate of drug-likeness (QED) is 0.782. The van der Waals surface area contributed by atoms with Gasteiger partial charge in [0.25, 0.3) is 0 Å². The molecule has 5 nitrogen and oxygen atoms in total. The molecule has 0 aromatic heterocycles. The third-order valence-corrected chi connectivity index (χ3v) is 2.87. The minimum atomic E-state index is -0.00245. The molecule has 5 heteroatoms. The van der Waals surface area contributed by atoms with Gasteiger partial charge in [0.15, 0.2) is 0 Å². The number of hydrogen-bond acceptors (Lipinski definition) is 4. The van der Waals surface area contributed by atoms with Gasteiger partial charge < -0.3 is 15.2 Å². The van der Waals surface area contributed by atoms with Crippen LogP contribution in [0.2, 0.25) is 0 Å². The van der Waals surface area contributed by atoms with Crippen molar-refractivity contribution in [3.05, 3.63) is 23.8 Å². The molecule has 0 spiro atoms. The normalized spacial score (nSPS) is 10.5. The number of phenolic OH excluding ortho intramolecular Hbond substituents is 1. The van der Waals surface area contributed by atoms with E-state index in [-0.39, 0.29) is 11.7 Å². The van der Waals surface area contributed by atoms with Crippen LogP contribution >= 0.6 is 0 Å². The van der Waals surface area contributed by atoms with Crippen molar-refractivity contribution in [1.82, 2.24) is 10.2 Å². The highest BCUT2D eigenvalue weighted by Gasteiger charge is 2.11. The van der Waals surface area contributed by atoms with Crippen LogP contribution in [-0.2, 0) is 11.3 Å². The highest BCUT2D eigenvalue weighted by molar-refractivity contribution is 5.77. The predicted molar refractivity (Wildman–Crippen MR) is 74.3 cm³/mol. The second-order valence-electron chi connectivity index (χ2n) is 4.25. The molecule has 0 aliphatic rings. The van der Waals surface area contributed by atoms with E-state index in [4.69, 9.17) is 4.74 Å². The molecule has 0 heterocycles. The summed E-state index contributed by atoms with van der Waals surface area (Å²) in [5, 5.41) is 12.7. The average Bonchev–Trinajstić information content (AvgIpc) is 2.40. The largest absolute Gasteiger partial charge is 0.507 e. The molecule has 1 aromatic rings. The molecule has 0 unspecified atom stereocenters. The number of nitrogens with one attached hydrogen (secondary N) is 1. The Labute approximate surface area is 114 Å². The fourth-order valence-corrected chi connectivity index (χ4v) is 1.78. The third kappa shape index (κ3) is 4.79. The minimum Gasteiger partial charge on any atom is -0.507 e. The van der Waals surface area contributed by atoms with Gasteiger partial charge in [-0.25, -0.2) is 0 Å². The molecule has 19 heavy (non-hydrogen) atoms. The molecule has 1 aromatic carbocycles. The van der Waals surface area contributed by atoms with Gasteiger partial charge in [0.1, 0.15) is 11.5 Å². The van der Waals surface area contributed by atoms with Crippen molar-refractivity contribution in [2.45, 2.75) is 20.4 Å². The van der Waals surface area contributed by atoms with Gasteiger partial charge in [-0.2, -0.15) is 0 Å². The van der Waals surface area contributed by atoms with Gasteiger partial charge in [-0.05, 0) is 19.5 Å². The van der Waals surface area contributed by atoms with Crippen LogP contribution in [0, 0.1) is 0 Å². The Hall–Kier alpha value is -1.75. The molecule has 2 N–H and O–H groups in total. The molecule has 0 aliphatic heterocycles. The van der Waals surface area contributed by atoms with Crippen LogP contribution in [0.4, 0.5) is 0 Å². The second kappa shape index (κ2) is 7.63. The van der Waals surface area contributed by atoms with Gasteiger partial charge in [0.2, 0.25) is 5.91 Å². The van der Waals surface area contributed by atoms with Gasteiger partial charge in [-0.1, -0.05) is 13.0 Å². The van der Waals surface area contributed by atoms with Crippen LogP contribution in [0.3, 0.4) is 0 Å². The van der Waals surface area contributed by atoms with Crippen molar-refractivity contribution < 1.29 is 14.6 Å². The zero-order valence-corrected chi connectivity index (χ0v) is 11.8. The molecule has 0 saturated heterocycles. The van der Waals surface area contributed by atoms with E-state index in [0.29, 0.717) is 25.4 Å². The van der Waals surface area contributed by atoms with E-state index in [1.807, 2.05) is 24.8 Å². The summed E-state index contributed by atoms with van der Waals surface area (Å²) in [7, 11) is 1.56. The van der Waals surface area contributed by atoms with Crippen LogP contribution in [0.5, 0.6) is 11.5 Å². The highest BCUT2D eigenvalue weighted by Crippen LogP contribution is 2.24. The SMILES string of the molecule is CCNC(=O)CN(CC)Cc1ccc(OC)cc1O. The van der Waals surface area contributed by atoms with E-state index in [2.05, 4.69) is 5.32 Å². The number of benzene rings is 1. The molecule has 1 rings (SSSR count). The van der Waals surface area contributed by atoms with Gasteiger partial charge in [0.05, 0.1) is 13.7 Å². The lowest BCUT2D eigenvalue weighted by Crippen LogP contribution is -2.36. The molecule has 0 radical (unpaired) electrons. The van der Waals surface area contributed by atoms with Crippen LogP contribution in [0.15, 0.2) is 18.2 Å². The maximum Gasteiger partial charge on any atom is 0.234 e. The van der Waals surface area contributed by atoms with Crippen LogP contribution < -0.4 is 10.1 Å². The van der Waals surface area contributed by atoms with E-state index in [1.165, 1.54) is 0 Å². The fourth-order valence-electron chi connectivity index (χ4n) is 1.78. The smallest absolute Gasteiger partial charge is 0.234 e. The maximum atomic E-state index is 11.6. The topological polar surface area (TPSA) is 61.8 Å². The highest BCUT2D eigenvalue weighted by atomic mass is 16.5. The van der Waals surface area contributed by atoms with Crippen molar-refractivity contribution in [3.63, 3.8) is 0 Å². The first-order valence-corrected chi connectivity index (χ1v) is 6.45. The van der Waals surface area contributed by atoms with Crippen molar-refractivity contribution in [2.75, 3.05) is 26.7 Å². The number of carbonyl (C=O) groups is 1. The zero-order chi connectivity index (χ0) is 14.3. The summed E-state index contributed by atoms with van der Waals surface area (Å²) in [5.74, 6) is 0.805.